The first-order chi connectivity index (χ1) is 6.99. The van der Waals surface area contributed by atoms with Crippen molar-refractivity contribution in [3.8, 4) is 0 Å². The maximum atomic E-state index is 13.3. The van der Waals surface area contributed by atoms with Crippen molar-refractivity contribution in [3.63, 3.8) is 0 Å². The first-order valence-corrected chi connectivity index (χ1v) is 4.22. The molecule has 5 nitrogen and oxygen atoms in total. The number of anilines is 1. The van der Waals surface area contributed by atoms with Gasteiger partial charge in [0.15, 0.2) is 11.9 Å². The van der Waals surface area contributed by atoms with Crippen LogP contribution in [0.5, 0.6) is 0 Å². The zero-order chi connectivity index (χ0) is 11.4. The summed E-state index contributed by atoms with van der Waals surface area (Å²) in [5, 5.41) is 18.8. The Morgan fingerprint density at radius 3 is 2.60 bits per heavy atom. The lowest BCUT2D eigenvalue weighted by Crippen LogP contribution is -2.39. The summed E-state index contributed by atoms with van der Waals surface area (Å²) in [7, 11) is 0. The van der Waals surface area contributed by atoms with Crippen LogP contribution in [0, 0.1) is 23.6 Å². The third-order valence-electron chi connectivity index (χ3n) is 1.64. The van der Waals surface area contributed by atoms with E-state index < -0.39 is 5.82 Å². The van der Waals surface area contributed by atoms with Crippen LogP contribution >= 0.6 is 0 Å². The van der Waals surface area contributed by atoms with Gasteiger partial charge in [0.2, 0.25) is 0 Å². The third-order valence-corrected chi connectivity index (χ3v) is 1.64. The fourth-order valence-corrected chi connectivity index (χ4v) is 1.02. The highest BCUT2D eigenvalue weighted by molar-refractivity contribution is 6.02. The Hall–Kier alpha value is -2.11. The predicted octanol–water partition coefficient (Wildman–Crippen LogP) is 0.964. The molecule has 6 N–H and O–H groups in total. The Kier molecular flexibility index (Phi) is 3.22. The lowest BCUT2D eigenvalue weighted by Gasteiger charge is -2.09. The summed E-state index contributed by atoms with van der Waals surface area (Å²) in [6.45, 7) is 1.77. The van der Waals surface area contributed by atoms with Crippen molar-refractivity contribution in [1.29, 1.82) is 10.8 Å². The fourth-order valence-electron chi connectivity index (χ4n) is 1.02. The highest BCUT2D eigenvalue weighted by Crippen LogP contribution is 2.14. The quantitative estimate of drug-likeness (QED) is 0.352. The molecular formula is C9H12FN5. The Morgan fingerprint density at radius 2 is 2.07 bits per heavy atom. The second kappa shape index (κ2) is 4.41. The van der Waals surface area contributed by atoms with E-state index in [4.69, 9.17) is 16.6 Å². The summed E-state index contributed by atoms with van der Waals surface area (Å²) in [5.41, 5.74) is 5.97. The Morgan fingerprint density at radius 1 is 1.40 bits per heavy atom. The van der Waals surface area contributed by atoms with E-state index in [0.29, 0.717) is 0 Å². The topological polar surface area (TPSA) is 97.8 Å². The summed E-state index contributed by atoms with van der Waals surface area (Å²) < 4.78 is 13.3. The molecule has 0 unspecified atom stereocenters. The second-order valence-corrected chi connectivity index (χ2v) is 3.02. The number of halogens is 1. The molecule has 80 valence electrons. The fraction of sp³-hybridized carbons (Fsp3) is 0.111. The van der Waals surface area contributed by atoms with Crippen molar-refractivity contribution >= 4 is 17.6 Å². The summed E-state index contributed by atoms with van der Waals surface area (Å²) in [4.78, 5) is 0. The van der Waals surface area contributed by atoms with Gasteiger partial charge in [-0.05, 0) is 24.6 Å². The number of aryl methyl sites for hydroxylation is 1. The molecule has 1 aromatic carbocycles. The van der Waals surface area contributed by atoms with Gasteiger partial charge in [-0.1, -0.05) is 6.07 Å². The number of guanidine groups is 2. The molecule has 0 fully saturated rings. The van der Waals surface area contributed by atoms with E-state index in [1.807, 2.05) is 0 Å². The van der Waals surface area contributed by atoms with Crippen LogP contribution in [-0.2, 0) is 0 Å². The van der Waals surface area contributed by atoms with Gasteiger partial charge in [0.05, 0.1) is 5.69 Å². The van der Waals surface area contributed by atoms with Gasteiger partial charge in [0.25, 0.3) is 0 Å². The van der Waals surface area contributed by atoms with Gasteiger partial charge in [-0.2, -0.15) is 0 Å². The number of hydrogen-bond donors (Lipinski definition) is 5. The molecule has 0 saturated heterocycles. The van der Waals surface area contributed by atoms with Gasteiger partial charge in [0, 0.05) is 0 Å². The normalized spacial score (nSPS) is 9.47. The molecule has 0 radical (unpaired) electrons. The minimum absolute atomic E-state index is 0.166. The molecular weight excluding hydrogens is 197 g/mol. The monoisotopic (exact) mass is 209 g/mol. The minimum Gasteiger partial charge on any atom is -0.370 e. The number of nitrogens with one attached hydrogen (secondary N) is 4. The van der Waals surface area contributed by atoms with Gasteiger partial charge in [-0.3, -0.25) is 16.1 Å². The van der Waals surface area contributed by atoms with Gasteiger partial charge in [-0.25, -0.2) is 4.39 Å². The van der Waals surface area contributed by atoms with Crippen LogP contribution in [0.2, 0.25) is 0 Å². The smallest absolute Gasteiger partial charge is 0.199 e. The molecule has 0 spiro atoms. The summed E-state index contributed by atoms with van der Waals surface area (Å²) in [6.07, 6.45) is 0. The van der Waals surface area contributed by atoms with Crippen LogP contribution in [0.1, 0.15) is 5.56 Å². The maximum absolute atomic E-state index is 13.3. The Balaban J connectivity index is 2.72. The van der Waals surface area contributed by atoms with E-state index in [-0.39, 0.29) is 17.6 Å². The molecule has 0 aliphatic rings. The highest BCUT2D eigenvalue weighted by Gasteiger charge is 2.04. The van der Waals surface area contributed by atoms with E-state index >= 15 is 0 Å². The zero-order valence-electron chi connectivity index (χ0n) is 8.19. The largest absolute Gasteiger partial charge is 0.370 e. The molecule has 0 aliphatic carbocycles. The molecule has 0 bridgehead atoms. The van der Waals surface area contributed by atoms with Crippen LogP contribution in [0.4, 0.5) is 10.1 Å². The van der Waals surface area contributed by atoms with Gasteiger partial charge in [0.1, 0.15) is 5.82 Å². The number of rotatable bonds is 1. The molecule has 6 heteroatoms. The predicted molar refractivity (Wildman–Crippen MR) is 57.5 cm³/mol. The lowest BCUT2D eigenvalue weighted by molar-refractivity contribution is 0.631. The van der Waals surface area contributed by atoms with E-state index in [0.717, 1.165) is 5.56 Å². The highest BCUT2D eigenvalue weighted by atomic mass is 19.1. The van der Waals surface area contributed by atoms with Gasteiger partial charge < -0.3 is 11.1 Å². The van der Waals surface area contributed by atoms with Crippen molar-refractivity contribution in [3.05, 3.63) is 29.6 Å². The van der Waals surface area contributed by atoms with Crippen molar-refractivity contribution in [2.24, 2.45) is 5.73 Å². The van der Waals surface area contributed by atoms with E-state index in [2.05, 4.69) is 10.6 Å². The zero-order valence-corrected chi connectivity index (χ0v) is 8.19. The average Bonchev–Trinajstić information content (AvgIpc) is 2.08. The molecule has 0 aromatic heterocycles. The SMILES string of the molecule is Cc1ccc(NC(=N)NC(=N)N)c(F)c1. The summed E-state index contributed by atoms with van der Waals surface area (Å²) in [6, 6.07) is 4.58. The van der Waals surface area contributed by atoms with Crippen LogP contribution in [0.3, 0.4) is 0 Å². The van der Waals surface area contributed by atoms with Crippen molar-refractivity contribution in [2.75, 3.05) is 5.32 Å². The molecule has 1 rings (SSSR count). The van der Waals surface area contributed by atoms with Crippen molar-refractivity contribution in [1.82, 2.24) is 5.32 Å². The first kappa shape index (κ1) is 11.0. The molecule has 0 heterocycles. The van der Waals surface area contributed by atoms with Crippen LogP contribution < -0.4 is 16.4 Å². The second-order valence-electron chi connectivity index (χ2n) is 3.02. The van der Waals surface area contributed by atoms with Crippen LogP contribution in [0.25, 0.3) is 0 Å². The Labute approximate surface area is 86.5 Å². The third kappa shape index (κ3) is 3.26. The van der Waals surface area contributed by atoms with Crippen molar-refractivity contribution < 1.29 is 4.39 Å². The van der Waals surface area contributed by atoms with E-state index in [9.17, 15) is 4.39 Å². The van der Waals surface area contributed by atoms with E-state index in [1.165, 1.54) is 12.1 Å². The molecule has 0 aliphatic heterocycles. The van der Waals surface area contributed by atoms with Gasteiger partial charge in [-0.15, -0.1) is 0 Å². The summed E-state index contributed by atoms with van der Waals surface area (Å²) in [5.74, 6) is -1.07. The summed E-state index contributed by atoms with van der Waals surface area (Å²) >= 11 is 0. The lowest BCUT2D eigenvalue weighted by atomic mass is 10.2. The molecule has 0 saturated carbocycles. The molecule has 15 heavy (non-hydrogen) atoms. The number of nitrogens with two attached hydrogens (primary N) is 1. The maximum Gasteiger partial charge on any atom is 0.199 e. The van der Waals surface area contributed by atoms with Crippen LogP contribution in [0.15, 0.2) is 18.2 Å². The average molecular weight is 209 g/mol. The molecule has 0 atom stereocenters. The Bertz CT molecular complexity index is 401. The molecule has 1 aromatic rings. The van der Waals surface area contributed by atoms with E-state index in [1.54, 1.807) is 13.0 Å². The minimum atomic E-state index is -0.454. The first-order valence-electron chi connectivity index (χ1n) is 4.22. The van der Waals surface area contributed by atoms with Gasteiger partial charge >= 0.3 is 0 Å². The molecule has 0 amide bonds. The standard InChI is InChI=1S/C9H12FN5/c1-5-2-3-7(6(10)4-5)14-9(13)15-8(11)12/h2-4H,1H3,(H6,11,12,13,14,15). The number of hydrogen-bond acceptors (Lipinski definition) is 2. The van der Waals surface area contributed by atoms with Crippen molar-refractivity contribution in [2.45, 2.75) is 6.92 Å². The number of benzene rings is 1. The van der Waals surface area contributed by atoms with Crippen LogP contribution in [-0.4, -0.2) is 11.9 Å².